The van der Waals surface area contributed by atoms with Crippen molar-refractivity contribution in [3.05, 3.63) is 40.3 Å². The summed E-state index contributed by atoms with van der Waals surface area (Å²) < 4.78 is 5.30. The third-order valence-electron chi connectivity index (χ3n) is 2.98. The molecule has 2 rings (SSSR count). The Morgan fingerprint density at radius 2 is 2.10 bits per heavy atom. The molecule has 20 heavy (non-hydrogen) atoms. The van der Waals surface area contributed by atoms with Crippen molar-refractivity contribution in [1.29, 1.82) is 0 Å². The number of ether oxygens (including phenoxy) is 1. The van der Waals surface area contributed by atoms with Crippen LogP contribution in [-0.4, -0.2) is 18.0 Å². The summed E-state index contributed by atoms with van der Waals surface area (Å²) in [6, 6.07) is 5.83. The average Bonchev–Trinajstić information content (AvgIpc) is 2.91. The molecule has 1 aromatic carbocycles. The van der Waals surface area contributed by atoms with Crippen molar-refractivity contribution in [3.63, 3.8) is 0 Å². The molecule has 0 aliphatic heterocycles. The van der Waals surface area contributed by atoms with E-state index in [1.807, 2.05) is 18.2 Å². The zero-order valence-corrected chi connectivity index (χ0v) is 12.9. The first-order valence-electron chi connectivity index (χ1n) is 6.30. The van der Waals surface area contributed by atoms with E-state index in [1.165, 1.54) is 11.3 Å². The quantitative estimate of drug-likeness (QED) is 0.937. The molecule has 0 fully saturated rings. The van der Waals surface area contributed by atoms with Gasteiger partial charge in [0, 0.05) is 5.38 Å². The van der Waals surface area contributed by atoms with Gasteiger partial charge in [-0.15, -0.1) is 11.3 Å². The van der Waals surface area contributed by atoms with Crippen molar-refractivity contribution in [2.24, 2.45) is 0 Å². The Labute approximate surface area is 122 Å². The SMILES string of the molecule is COc1ccc(C(C)(C)C)cc1NC(=O)c1cscn1. The Kier molecular flexibility index (Phi) is 4.09. The van der Waals surface area contributed by atoms with Crippen molar-refractivity contribution in [3.8, 4) is 5.75 Å². The highest BCUT2D eigenvalue weighted by Gasteiger charge is 2.17. The van der Waals surface area contributed by atoms with E-state index in [0.29, 0.717) is 17.1 Å². The molecule has 106 valence electrons. The van der Waals surface area contributed by atoms with Gasteiger partial charge in [0.05, 0.1) is 18.3 Å². The Balaban J connectivity index is 2.32. The summed E-state index contributed by atoms with van der Waals surface area (Å²) in [5.74, 6) is 0.414. The van der Waals surface area contributed by atoms with E-state index in [-0.39, 0.29) is 11.3 Å². The normalized spacial score (nSPS) is 11.2. The number of thiazole rings is 1. The second-order valence-electron chi connectivity index (χ2n) is 5.49. The standard InChI is InChI=1S/C15H18N2O2S/c1-15(2,3)10-5-6-13(19-4)11(7-10)17-14(18)12-8-20-9-16-12/h5-9H,1-4H3,(H,17,18). The fourth-order valence-electron chi connectivity index (χ4n) is 1.78. The summed E-state index contributed by atoms with van der Waals surface area (Å²) in [5.41, 5.74) is 3.85. The molecule has 1 N–H and O–H groups in total. The lowest BCUT2D eigenvalue weighted by Crippen LogP contribution is -2.15. The monoisotopic (exact) mass is 290 g/mol. The van der Waals surface area contributed by atoms with Crippen LogP contribution in [-0.2, 0) is 5.41 Å². The van der Waals surface area contributed by atoms with Crippen LogP contribution in [0.2, 0.25) is 0 Å². The van der Waals surface area contributed by atoms with E-state index < -0.39 is 0 Å². The maximum Gasteiger partial charge on any atom is 0.275 e. The highest BCUT2D eigenvalue weighted by atomic mass is 32.1. The second kappa shape index (κ2) is 5.63. The van der Waals surface area contributed by atoms with Crippen LogP contribution in [0.1, 0.15) is 36.8 Å². The first-order valence-corrected chi connectivity index (χ1v) is 7.24. The largest absolute Gasteiger partial charge is 0.495 e. The fourth-order valence-corrected chi connectivity index (χ4v) is 2.32. The van der Waals surface area contributed by atoms with E-state index in [1.54, 1.807) is 18.0 Å². The lowest BCUT2D eigenvalue weighted by atomic mass is 9.87. The third-order valence-corrected chi connectivity index (χ3v) is 3.57. The van der Waals surface area contributed by atoms with Crippen LogP contribution in [0.25, 0.3) is 0 Å². The summed E-state index contributed by atoms with van der Waals surface area (Å²) in [7, 11) is 1.59. The number of aromatic nitrogens is 1. The molecule has 0 aliphatic carbocycles. The van der Waals surface area contributed by atoms with Crippen molar-refractivity contribution < 1.29 is 9.53 Å². The van der Waals surface area contributed by atoms with Crippen LogP contribution < -0.4 is 10.1 Å². The maximum atomic E-state index is 12.1. The molecule has 5 heteroatoms. The molecule has 0 atom stereocenters. The van der Waals surface area contributed by atoms with Crippen molar-refractivity contribution in [2.75, 3.05) is 12.4 Å². The maximum absolute atomic E-state index is 12.1. The van der Waals surface area contributed by atoms with E-state index in [0.717, 1.165) is 5.56 Å². The highest BCUT2D eigenvalue weighted by molar-refractivity contribution is 7.07. The number of carbonyl (C=O) groups is 1. The Hall–Kier alpha value is -1.88. The van der Waals surface area contributed by atoms with Crippen LogP contribution in [0.5, 0.6) is 5.75 Å². The number of nitrogens with zero attached hydrogens (tertiary/aromatic N) is 1. The highest BCUT2D eigenvalue weighted by Crippen LogP contribution is 2.31. The molecule has 1 heterocycles. The van der Waals surface area contributed by atoms with Crippen LogP contribution in [0.4, 0.5) is 5.69 Å². The number of benzene rings is 1. The molecule has 0 saturated heterocycles. The summed E-state index contributed by atoms with van der Waals surface area (Å²) in [6.45, 7) is 6.38. The van der Waals surface area contributed by atoms with Gasteiger partial charge in [0.15, 0.2) is 0 Å². The molecule has 1 amide bonds. The fraction of sp³-hybridized carbons (Fsp3) is 0.333. The minimum Gasteiger partial charge on any atom is -0.495 e. The van der Waals surface area contributed by atoms with E-state index in [2.05, 4.69) is 31.1 Å². The lowest BCUT2D eigenvalue weighted by molar-refractivity contribution is 0.102. The number of anilines is 1. The zero-order valence-electron chi connectivity index (χ0n) is 12.1. The van der Waals surface area contributed by atoms with Gasteiger partial charge in [-0.2, -0.15) is 0 Å². The number of methoxy groups -OCH3 is 1. The average molecular weight is 290 g/mol. The van der Waals surface area contributed by atoms with E-state index in [9.17, 15) is 4.79 Å². The smallest absolute Gasteiger partial charge is 0.275 e. The van der Waals surface area contributed by atoms with Gasteiger partial charge in [-0.05, 0) is 23.1 Å². The molecule has 0 unspecified atom stereocenters. The third kappa shape index (κ3) is 3.17. The van der Waals surface area contributed by atoms with Gasteiger partial charge in [-0.3, -0.25) is 4.79 Å². The van der Waals surface area contributed by atoms with Crippen molar-refractivity contribution >= 4 is 22.9 Å². The molecule has 0 spiro atoms. The Bertz CT molecular complexity index is 601. The molecule has 0 radical (unpaired) electrons. The molecule has 4 nitrogen and oxygen atoms in total. The number of hydrogen-bond donors (Lipinski definition) is 1. The summed E-state index contributed by atoms with van der Waals surface area (Å²) >= 11 is 1.39. The minimum atomic E-state index is -0.226. The van der Waals surface area contributed by atoms with Gasteiger partial charge in [-0.1, -0.05) is 26.8 Å². The van der Waals surface area contributed by atoms with Crippen molar-refractivity contribution in [1.82, 2.24) is 4.98 Å². The predicted octanol–water partition coefficient (Wildman–Crippen LogP) is 3.70. The molecule has 0 aliphatic rings. The van der Waals surface area contributed by atoms with Crippen LogP contribution in [0.3, 0.4) is 0 Å². The number of amides is 1. The topological polar surface area (TPSA) is 51.2 Å². The van der Waals surface area contributed by atoms with Gasteiger partial charge < -0.3 is 10.1 Å². The summed E-state index contributed by atoms with van der Waals surface area (Å²) in [6.07, 6.45) is 0. The first-order chi connectivity index (χ1) is 9.41. The van der Waals surface area contributed by atoms with Crippen LogP contribution in [0.15, 0.2) is 29.1 Å². The molecule has 0 bridgehead atoms. The number of rotatable bonds is 3. The van der Waals surface area contributed by atoms with Crippen molar-refractivity contribution in [2.45, 2.75) is 26.2 Å². The molecule has 0 saturated carbocycles. The molecular formula is C15H18N2O2S. The van der Waals surface area contributed by atoms with Gasteiger partial charge >= 0.3 is 0 Å². The van der Waals surface area contributed by atoms with E-state index in [4.69, 9.17) is 4.74 Å². The van der Waals surface area contributed by atoms with E-state index >= 15 is 0 Å². The number of carbonyl (C=O) groups excluding carboxylic acids is 1. The number of nitrogens with one attached hydrogen (secondary N) is 1. The molecular weight excluding hydrogens is 272 g/mol. The Morgan fingerprint density at radius 1 is 1.35 bits per heavy atom. The second-order valence-corrected chi connectivity index (χ2v) is 6.21. The van der Waals surface area contributed by atoms with Crippen LogP contribution >= 0.6 is 11.3 Å². The zero-order chi connectivity index (χ0) is 14.8. The molecule has 2 aromatic rings. The number of hydrogen-bond acceptors (Lipinski definition) is 4. The predicted molar refractivity (Wildman–Crippen MR) is 81.8 cm³/mol. The van der Waals surface area contributed by atoms with Gasteiger partial charge in [0.25, 0.3) is 5.91 Å². The Morgan fingerprint density at radius 3 is 2.65 bits per heavy atom. The van der Waals surface area contributed by atoms with Gasteiger partial charge in [0.2, 0.25) is 0 Å². The van der Waals surface area contributed by atoms with Crippen LogP contribution in [0, 0.1) is 0 Å². The molecule has 1 aromatic heterocycles. The minimum absolute atomic E-state index is 0.00633. The summed E-state index contributed by atoms with van der Waals surface area (Å²) in [4.78, 5) is 16.1. The van der Waals surface area contributed by atoms with Gasteiger partial charge in [-0.25, -0.2) is 4.98 Å². The first kappa shape index (κ1) is 14.5. The van der Waals surface area contributed by atoms with Gasteiger partial charge in [0.1, 0.15) is 11.4 Å². The summed E-state index contributed by atoms with van der Waals surface area (Å²) in [5, 5.41) is 4.57. The lowest BCUT2D eigenvalue weighted by Gasteiger charge is -2.21.